The molecule has 32 heavy (non-hydrogen) atoms. The van der Waals surface area contributed by atoms with Gasteiger partial charge in [-0.25, -0.2) is 14.4 Å². The molecule has 0 spiro atoms. The number of benzene rings is 1. The third-order valence-electron chi connectivity index (χ3n) is 6.05. The summed E-state index contributed by atoms with van der Waals surface area (Å²) in [6, 6.07) is 4.38. The molecule has 1 aromatic carbocycles. The zero-order valence-corrected chi connectivity index (χ0v) is 20.0. The van der Waals surface area contributed by atoms with E-state index in [0.717, 1.165) is 11.4 Å². The number of carbonyl (C=O) groups excluding carboxylic acids is 1. The number of nitrogens with zero attached hydrogens (tertiary/aromatic N) is 4. The van der Waals surface area contributed by atoms with Gasteiger partial charge < -0.3 is 20.6 Å². The van der Waals surface area contributed by atoms with Crippen LogP contribution in [0, 0.1) is 5.82 Å². The lowest BCUT2D eigenvalue weighted by molar-refractivity contribution is -0.132. The van der Waals surface area contributed by atoms with E-state index in [0.29, 0.717) is 43.9 Å². The molecule has 11 heteroatoms. The molecule has 2 aromatic rings. The maximum Gasteiger partial charge on any atom is 0.231 e. The Morgan fingerprint density at radius 3 is 2.59 bits per heavy atom. The van der Waals surface area contributed by atoms with Gasteiger partial charge in [0.05, 0.1) is 22.7 Å². The van der Waals surface area contributed by atoms with Gasteiger partial charge in [0.1, 0.15) is 18.0 Å². The maximum atomic E-state index is 13.9. The summed E-state index contributed by atoms with van der Waals surface area (Å²) in [6.45, 7) is 4.42. The highest BCUT2D eigenvalue weighted by Gasteiger charge is 2.34. The Morgan fingerprint density at radius 1 is 1.28 bits per heavy atom. The number of anilines is 1. The molecular weight excluding hydrogens is 480 g/mol. The number of rotatable bonds is 4. The Bertz CT molecular complexity index is 959. The number of fused-ring (bicyclic) bond motifs is 1. The first kappa shape index (κ1) is 26.5. The average Bonchev–Trinajstić information content (AvgIpc) is 3.05. The molecule has 0 radical (unpaired) electrons. The highest BCUT2D eigenvalue weighted by Crippen LogP contribution is 2.42. The van der Waals surface area contributed by atoms with Crippen LogP contribution in [0.5, 0.6) is 0 Å². The third kappa shape index (κ3) is 4.94. The second-order valence-corrected chi connectivity index (χ2v) is 8.33. The van der Waals surface area contributed by atoms with Crippen molar-refractivity contribution >= 4 is 48.1 Å². The minimum Gasteiger partial charge on any atom is -0.387 e. The number of carbonyl (C=O) groups is 1. The van der Waals surface area contributed by atoms with Crippen molar-refractivity contribution in [3.8, 4) is 0 Å². The third-order valence-corrected chi connectivity index (χ3v) is 6.36. The second kappa shape index (κ2) is 10.9. The van der Waals surface area contributed by atoms with E-state index in [1.165, 1.54) is 18.5 Å². The van der Waals surface area contributed by atoms with E-state index in [4.69, 9.17) is 17.3 Å². The van der Waals surface area contributed by atoms with Crippen molar-refractivity contribution in [2.24, 2.45) is 5.73 Å². The van der Waals surface area contributed by atoms with Gasteiger partial charge in [-0.05, 0) is 30.0 Å². The van der Waals surface area contributed by atoms with E-state index in [1.54, 1.807) is 11.0 Å². The fourth-order valence-corrected chi connectivity index (χ4v) is 4.54. The van der Waals surface area contributed by atoms with Crippen molar-refractivity contribution in [2.45, 2.75) is 31.3 Å². The Labute approximate surface area is 204 Å². The molecule has 2 heterocycles. The smallest absolute Gasteiger partial charge is 0.231 e. The Balaban J connectivity index is 0.00000181. The molecule has 1 saturated heterocycles. The van der Waals surface area contributed by atoms with E-state index in [9.17, 15) is 14.3 Å². The number of amides is 1. The molecule has 1 aromatic heterocycles. The predicted molar refractivity (Wildman–Crippen MR) is 127 cm³/mol. The predicted octanol–water partition coefficient (Wildman–Crippen LogP) is 3.04. The van der Waals surface area contributed by atoms with Crippen molar-refractivity contribution < 1.29 is 14.3 Å². The molecular formula is C21H27Cl3FN5O2. The molecule has 1 aliphatic carbocycles. The Morgan fingerprint density at radius 2 is 1.97 bits per heavy atom. The van der Waals surface area contributed by atoms with Crippen LogP contribution in [-0.4, -0.2) is 58.6 Å². The number of nitrogens with two attached hydrogens (primary N) is 1. The number of aliphatic hydroxyl groups excluding tert-OH is 1. The molecule has 3 N–H and O–H groups in total. The summed E-state index contributed by atoms with van der Waals surface area (Å²) in [5.41, 5.74) is 8.09. The lowest BCUT2D eigenvalue weighted by Gasteiger charge is -2.37. The molecule has 4 rings (SSSR count). The van der Waals surface area contributed by atoms with Crippen LogP contribution in [0.4, 0.5) is 10.2 Å². The number of aliphatic hydroxyl groups is 1. The van der Waals surface area contributed by atoms with Gasteiger partial charge in [0, 0.05) is 38.3 Å². The van der Waals surface area contributed by atoms with Crippen LogP contribution in [0.1, 0.15) is 48.1 Å². The van der Waals surface area contributed by atoms with Crippen molar-refractivity contribution in [2.75, 3.05) is 37.6 Å². The van der Waals surface area contributed by atoms with Crippen LogP contribution in [0.25, 0.3) is 0 Å². The number of halogens is 4. The van der Waals surface area contributed by atoms with Gasteiger partial charge in [0.15, 0.2) is 0 Å². The first-order chi connectivity index (χ1) is 14.4. The standard InChI is InChI=1S/C21H25ClFN5O2.2ClH/c1-12-8-17(29)19-18(12)20(26-11-25-19)27-4-6-28(7-5-27)21(30)14(10-24)13-2-3-15(22)16(23)9-13;;/h2-3,9,11-12,14,17,29H,4-8,10,24H2,1H3;2*1H/t12-,14?,17+;;/m1../s1. The zero-order chi connectivity index (χ0) is 21.4. The summed E-state index contributed by atoms with van der Waals surface area (Å²) in [5.74, 6) is -0.255. The summed E-state index contributed by atoms with van der Waals surface area (Å²) < 4.78 is 13.9. The molecule has 176 valence electrons. The molecule has 1 aliphatic heterocycles. The zero-order valence-electron chi connectivity index (χ0n) is 17.6. The van der Waals surface area contributed by atoms with E-state index in [2.05, 4.69) is 21.8 Å². The molecule has 0 saturated carbocycles. The van der Waals surface area contributed by atoms with E-state index < -0.39 is 17.8 Å². The SMILES string of the molecule is C[C@@H]1C[C@H](O)c2ncnc(N3CCN(C(=O)C(CN)c4ccc(Cl)c(F)c4)CC3)c21.Cl.Cl. The molecule has 7 nitrogen and oxygen atoms in total. The van der Waals surface area contributed by atoms with E-state index in [1.807, 2.05) is 0 Å². The quantitative estimate of drug-likeness (QED) is 0.662. The van der Waals surface area contributed by atoms with Crippen molar-refractivity contribution in [1.29, 1.82) is 0 Å². The Hall–Kier alpha value is -1.71. The van der Waals surface area contributed by atoms with Crippen LogP contribution in [0.15, 0.2) is 24.5 Å². The first-order valence-electron chi connectivity index (χ1n) is 10.1. The van der Waals surface area contributed by atoms with Gasteiger partial charge in [-0.15, -0.1) is 24.8 Å². The normalized spacial score (nSPS) is 20.8. The lowest BCUT2D eigenvalue weighted by Crippen LogP contribution is -2.51. The van der Waals surface area contributed by atoms with E-state index in [-0.39, 0.29) is 48.2 Å². The van der Waals surface area contributed by atoms with Crippen LogP contribution in [-0.2, 0) is 4.79 Å². The number of hydrogen-bond donors (Lipinski definition) is 2. The molecule has 1 fully saturated rings. The van der Waals surface area contributed by atoms with Gasteiger partial charge in [0.25, 0.3) is 0 Å². The number of piperazine rings is 1. The summed E-state index contributed by atoms with van der Waals surface area (Å²) in [6.07, 6.45) is 1.59. The molecule has 1 unspecified atom stereocenters. The van der Waals surface area contributed by atoms with Gasteiger partial charge in [-0.2, -0.15) is 0 Å². The average molecular weight is 507 g/mol. The van der Waals surface area contributed by atoms with Crippen LogP contribution >= 0.6 is 36.4 Å². The number of hydrogen-bond acceptors (Lipinski definition) is 6. The van der Waals surface area contributed by atoms with Gasteiger partial charge in [-0.1, -0.05) is 24.6 Å². The van der Waals surface area contributed by atoms with Gasteiger partial charge in [-0.3, -0.25) is 4.79 Å². The molecule has 2 aliphatic rings. The summed E-state index contributed by atoms with van der Waals surface area (Å²) in [5, 5.41) is 10.2. The summed E-state index contributed by atoms with van der Waals surface area (Å²) in [4.78, 5) is 25.7. The Kier molecular flexibility index (Phi) is 9.07. The second-order valence-electron chi connectivity index (χ2n) is 7.92. The largest absolute Gasteiger partial charge is 0.387 e. The van der Waals surface area contributed by atoms with Crippen molar-refractivity contribution in [1.82, 2.24) is 14.9 Å². The topological polar surface area (TPSA) is 95.6 Å². The highest BCUT2D eigenvalue weighted by atomic mass is 35.5. The van der Waals surface area contributed by atoms with Crippen LogP contribution < -0.4 is 10.6 Å². The minimum absolute atomic E-state index is 0. The lowest BCUT2D eigenvalue weighted by atomic mass is 9.97. The summed E-state index contributed by atoms with van der Waals surface area (Å²) >= 11 is 5.76. The monoisotopic (exact) mass is 505 g/mol. The van der Waals surface area contributed by atoms with Crippen LogP contribution in [0.2, 0.25) is 5.02 Å². The number of aromatic nitrogens is 2. The van der Waals surface area contributed by atoms with Crippen molar-refractivity contribution in [3.05, 3.63) is 52.2 Å². The minimum atomic E-state index is -0.609. The fraction of sp³-hybridized carbons (Fsp3) is 0.476. The van der Waals surface area contributed by atoms with Crippen molar-refractivity contribution in [3.63, 3.8) is 0 Å². The van der Waals surface area contributed by atoms with E-state index >= 15 is 0 Å². The molecule has 1 amide bonds. The fourth-order valence-electron chi connectivity index (χ4n) is 4.42. The highest BCUT2D eigenvalue weighted by molar-refractivity contribution is 6.30. The summed E-state index contributed by atoms with van der Waals surface area (Å²) in [7, 11) is 0. The van der Waals surface area contributed by atoms with Crippen LogP contribution in [0.3, 0.4) is 0 Å². The maximum absolute atomic E-state index is 13.9. The van der Waals surface area contributed by atoms with Gasteiger partial charge >= 0.3 is 0 Å². The molecule has 3 atom stereocenters. The first-order valence-corrected chi connectivity index (χ1v) is 10.5. The van der Waals surface area contributed by atoms with Gasteiger partial charge in [0.2, 0.25) is 5.91 Å². The molecule has 0 bridgehead atoms.